The summed E-state index contributed by atoms with van der Waals surface area (Å²) in [5, 5.41) is 4.50. The number of nitrogens with zero attached hydrogens (tertiary/aromatic N) is 5. The SMILES string of the molecule is Cc1c2c(nn1C)C(=O)N(c1ccc3nc[nH]c3c1)C2c1cccc(C2CCN(C)CC2)c1F. The fourth-order valence-electron chi connectivity index (χ4n) is 5.52. The van der Waals surface area contributed by atoms with E-state index in [-0.39, 0.29) is 17.6 Å². The van der Waals surface area contributed by atoms with Crippen LogP contribution in [-0.4, -0.2) is 50.7 Å². The number of benzene rings is 2. The zero-order chi connectivity index (χ0) is 23.6. The number of aryl methyl sites for hydroxylation is 1. The lowest BCUT2D eigenvalue weighted by atomic mass is 9.86. The van der Waals surface area contributed by atoms with Crippen LogP contribution in [0.3, 0.4) is 0 Å². The maximum absolute atomic E-state index is 16.3. The molecule has 1 saturated heterocycles. The first-order valence-corrected chi connectivity index (χ1v) is 11.7. The maximum Gasteiger partial charge on any atom is 0.280 e. The highest BCUT2D eigenvalue weighted by Crippen LogP contribution is 2.45. The number of aromatic nitrogens is 4. The number of halogens is 1. The van der Waals surface area contributed by atoms with Gasteiger partial charge in [0.25, 0.3) is 5.91 Å². The predicted molar refractivity (Wildman–Crippen MR) is 129 cm³/mol. The molecular weight excluding hydrogens is 431 g/mol. The number of hydrogen-bond acceptors (Lipinski definition) is 4. The number of hydrogen-bond donors (Lipinski definition) is 1. The molecule has 6 rings (SSSR count). The van der Waals surface area contributed by atoms with Crippen LogP contribution in [0.25, 0.3) is 11.0 Å². The smallest absolute Gasteiger partial charge is 0.280 e. The van der Waals surface area contributed by atoms with Crippen LogP contribution in [0.15, 0.2) is 42.7 Å². The van der Waals surface area contributed by atoms with Crippen molar-refractivity contribution in [3.8, 4) is 0 Å². The van der Waals surface area contributed by atoms with E-state index in [1.807, 2.05) is 50.4 Å². The van der Waals surface area contributed by atoms with Gasteiger partial charge in [-0.15, -0.1) is 0 Å². The lowest BCUT2D eigenvalue weighted by molar-refractivity contribution is 0.0988. The quantitative estimate of drug-likeness (QED) is 0.497. The summed E-state index contributed by atoms with van der Waals surface area (Å²) >= 11 is 0. The van der Waals surface area contributed by atoms with Crippen molar-refractivity contribution in [3.05, 3.63) is 76.6 Å². The van der Waals surface area contributed by atoms with Crippen LogP contribution >= 0.6 is 0 Å². The number of carbonyl (C=O) groups excluding carboxylic acids is 1. The Morgan fingerprint density at radius 3 is 2.65 bits per heavy atom. The number of carbonyl (C=O) groups is 1. The molecule has 4 aromatic rings. The van der Waals surface area contributed by atoms with Gasteiger partial charge in [-0.3, -0.25) is 14.4 Å². The van der Waals surface area contributed by atoms with Crippen molar-refractivity contribution in [1.82, 2.24) is 24.6 Å². The average molecular weight is 459 g/mol. The average Bonchev–Trinajstić information content (AvgIpc) is 3.49. The van der Waals surface area contributed by atoms with Crippen molar-refractivity contribution >= 4 is 22.6 Å². The highest BCUT2D eigenvalue weighted by molar-refractivity contribution is 6.11. The third kappa shape index (κ3) is 3.09. The number of likely N-dealkylation sites (tertiary alicyclic amines) is 1. The van der Waals surface area contributed by atoms with E-state index in [2.05, 4.69) is 27.0 Å². The van der Waals surface area contributed by atoms with E-state index in [4.69, 9.17) is 0 Å². The summed E-state index contributed by atoms with van der Waals surface area (Å²) in [5.41, 5.74) is 5.62. The summed E-state index contributed by atoms with van der Waals surface area (Å²) in [5.74, 6) is -0.247. The molecule has 1 amide bonds. The van der Waals surface area contributed by atoms with Crippen molar-refractivity contribution in [2.24, 2.45) is 7.05 Å². The summed E-state index contributed by atoms with van der Waals surface area (Å²) in [7, 11) is 3.93. The molecule has 2 aliphatic heterocycles. The van der Waals surface area contributed by atoms with Crippen molar-refractivity contribution in [3.63, 3.8) is 0 Å². The summed E-state index contributed by atoms with van der Waals surface area (Å²) < 4.78 is 18.0. The number of fused-ring (bicyclic) bond motifs is 2. The van der Waals surface area contributed by atoms with E-state index in [1.165, 1.54) is 0 Å². The first kappa shape index (κ1) is 21.0. The molecular formula is C26H27FN6O. The first-order chi connectivity index (χ1) is 16.4. The van der Waals surface area contributed by atoms with Gasteiger partial charge < -0.3 is 9.88 Å². The fraction of sp³-hybridized carbons (Fsp3) is 0.346. The molecule has 1 atom stereocenters. The van der Waals surface area contributed by atoms with Crippen molar-refractivity contribution in [1.29, 1.82) is 0 Å². The molecule has 0 spiro atoms. The largest absolute Gasteiger partial charge is 0.345 e. The molecule has 0 bridgehead atoms. The molecule has 174 valence electrons. The maximum atomic E-state index is 16.3. The van der Waals surface area contributed by atoms with Gasteiger partial charge in [0.1, 0.15) is 5.82 Å². The molecule has 4 heterocycles. The van der Waals surface area contributed by atoms with E-state index in [0.717, 1.165) is 53.8 Å². The Labute approximate surface area is 197 Å². The fourth-order valence-corrected chi connectivity index (χ4v) is 5.52. The zero-order valence-corrected chi connectivity index (χ0v) is 19.5. The number of aromatic amines is 1. The number of imidazole rings is 1. The van der Waals surface area contributed by atoms with Gasteiger partial charge in [-0.05, 0) is 69.6 Å². The molecule has 0 radical (unpaired) electrons. The van der Waals surface area contributed by atoms with E-state index in [9.17, 15) is 4.79 Å². The van der Waals surface area contributed by atoms with Gasteiger partial charge in [-0.2, -0.15) is 5.10 Å². The highest BCUT2D eigenvalue weighted by atomic mass is 19.1. The van der Waals surface area contributed by atoms with Crippen LogP contribution in [0.5, 0.6) is 0 Å². The Bertz CT molecular complexity index is 1410. The van der Waals surface area contributed by atoms with Crippen LogP contribution in [0.2, 0.25) is 0 Å². The van der Waals surface area contributed by atoms with Crippen LogP contribution in [0, 0.1) is 12.7 Å². The Morgan fingerprint density at radius 2 is 1.85 bits per heavy atom. The van der Waals surface area contributed by atoms with Crippen LogP contribution < -0.4 is 4.90 Å². The Kier molecular flexibility index (Phi) is 4.81. The van der Waals surface area contributed by atoms with Gasteiger partial charge in [-0.1, -0.05) is 18.2 Å². The topological polar surface area (TPSA) is 70.0 Å². The number of H-pyrrole nitrogens is 1. The Balaban J connectivity index is 1.51. The second-order valence-corrected chi connectivity index (χ2v) is 9.48. The van der Waals surface area contributed by atoms with E-state index >= 15 is 4.39 Å². The molecule has 8 heteroatoms. The Hall–Kier alpha value is -3.52. The molecule has 2 aromatic carbocycles. The minimum Gasteiger partial charge on any atom is -0.345 e. The Morgan fingerprint density at radius 1 is 1.09 bits per heavy atom. The molecule has 34 heavy (non-hydrogen) atoms. The van der Waals surface area contributed by atoms with Gasteiger partial charge in [0.05, 0.1) is 23.4 Å². The molecule has 0 aliphatic carbocycles. The van der Waals surface area contributed by atoms with Crippen molar-refractivity contribution in [2.45, 2.75) is 31.7 Å². The van der Waals surface area contributed by atoms with E-state index < -0.39 is 6.04 Å². The summed E-state index contributed by atoms with van der Waals surface area (Å²) in [6, 6.07) is 10.7. The van der Waals surface area contributed by atoms with Crippen molar-refractivity contribution in [2.75, 3.05) is 25.0 Å². The van der Waals surface area contributed by atoms with Gasteiger partial charge in [0.15, 0.2) is 5.69 Å². The molecule has 7 nitrogen and oxygen atoms in total. The number of piperidine rings is 1. The lowest BCUT2D eigenvalue weighted by Gasteiger charge is -2.31. The third-order valence-electron chi connectivity index (χ3n) is 7.53. The van der Waals surface area contributed by atoms with Crippen LogP contribution in [0.1, 0.15) is 57.7 Å². The van der Waals surface area contributed by atoms with Crippen molar-refractivity contribution < 1.29 is 9.18 Å². The van der Waals surface area contributed by atoms with Gasteiger partial charge in [0, 0.05) is 29.6 Å². The molecule has 1 fully saturated rings. The van der Waals surface area contributed by atoms with Gasteiger partial charge >= 0.3 is 0 Å². The number of rotatable bonds is 3. The van der Waals surface area contributed by atoms with Gasteiger partial charge in [-0.25, -0.2) is 9.37 Å². The minimum atomic E-state index is -0.581. The van der Waals surface area contributed by atoms with Gasteiger partial charge in [0.2, 0.25) is 0 Å². The normalized spacial score (nSPS) is 19.4. The highest BCUT2D eigenvalue weighted by Gasteiger charge is 2.44. The zero-order valence-electron chi connectivity index (χ0n) is 19.5. The third-order valence-corrected chi connectivity index (χ3v) is 7.53. The molecule has 0 saturated carbocycles. The monoisotopic (exact) mass is 458 g/mol. The predicted octanol–water partition coefficient (Wildman–Crippen LogP) is 4.30. The summed E-state index contributed by atoms with van der Waals surface area (Å²) in [6.45, 7) is 3.85. The summed E-state index contributed by atoms with van der Waals surface area (Å²) in [4.78, 5) is 25.0. The second kappa shape index (κ2) is 7.77. The standard InChI is InChI=1S/C26H27FN6O/c1-15-22-24(30-32(15)3)26(34)33(17-7-8-20-21(13-17)29-14-28-20)25(22)19-6-4-5-18(23(19)27)16-9-11-31(2)12-10-16/h4-8,13-14,16,25H,9-12H2,1-3H3,(H,28,29). The van der Waals surface area contributed by atoms with Crippen LogP contribution in [-0.2, 0) is 7.05 Å². The lowest BCUT2D eigenvalue weighted by Crippen LogP contribution is -2.31. The summed E-state index contributed by atoms with van der Waals surface area (Å²) in [6.07, 6.45) is 3.48. The number of amides is 1. The van der Waals surface area contributed by atoms with E-state index in [1.54, 1.807) is 15.9 Å². The molecule has 1 N–H and O–H groups in total. The molecule has 2 aromatic heterocycles. The van der Waals surface area contributed by atoms with Crippen LogP contribution in [0.4, 0.5) is 10.1 Å². The minimum absolute atomic E-state index is 0.178. The molecule has 2 aliphatic rings. The number of nitrogens with one attached hydrogen (secondary N) is 1. The van der Waals surface area contributed by atoms with E-state index in [0.29, 0.717) is 16.9 Å². The first-order valence-electron chi connectivity index (χ1n) is 11.7. The molecule has 1 unspecified atom stereocenters. The number of anilines is 1. The second-order valence-electron chi connectivity index (χ2n) is 9.48.